The zero-order valence-electron chi connectivity index (χ0n) is 17.2. The van der Waals surface area contributed by atoms with E-state index in [9.17, 15) is 16.8 Å². The van der Waals surface area contributed by atoms with Gasteiger partial charge in [0.05, 0.1) is 33.8 Å². The summed E-state index contributed by atoms with van der Waals surface area (Å²) in [7, 11) is -5.03. The van der Waals surface area contributed by atoms with Crippen LogP contribution in [0.1, 0.15) is 0 Å². The van der Waals surface area contributed by atoms with Gasteiger partial charge < -0.3 is 9.47 Å². The van der Waals surface area contributed by atoms with Crippen molar-refractivity contribution in [2.75, 3.05) is 14.2 Å². The Hall–Kier alpha value is -3.43. The molecule has 0 bridgehead atoms. The van der Waals surface area contributed by atoms with E-state index in [1.807, 2.05) is 0 Å². The number of nitrogens with zero attached hydrogens (tertiary/aromatic N) is 1. The van der Waals surface area contributed by atoms with Crippen LogP contribution in [0, 0.1) is 0 Å². The molecule has 7 nitrogen and oxygen atoms in total. The Morgan fingerprint density at radius 3 is 1.66 bits per heavy atom. The normalized spacial score (nSPS) is 11.9. The quantitative estimate of drug-likeness (QED) is 0.422. The van der Waals surface area contributed by atoms with E-state index in [4.69, 9.17) is 9.47 Å². The molecule has 0 aliphatic carbocycles. The van der Waals surface area contributed by atoms with Gasteiger partial charge in [-0.15, -0.1) is 0 Å². The fourth-order valence-electron chi connectivity index (χ4n) is 3.40. The highest BCUT2D eigenvalue weighted by molar-refractivity contribution is 7.92. The highest BCUT2D eigenvalue weighted by atomic mass is 32.2. The summed E-state index contributed by atoms with van der Waals surface area (Å²) in [5.41, 5.74) is 0. The first-order valence-electron chi connectivity index (χ1n) is 9.44. The van der Waals surface area contributed by atoms with Gasteiger partial charge in [0.25, 0.3) is 0 Å². The molecule has 1 heterocycles. The molecule has 0 fully saturated rings. The minimum atomic E-state index is -3.97. The van der Waals surface area contributed by atoms with E-state index in [2.05, 4.69) is 4.98 Å². The molecule has 0 N–H and O–H groups in total. The maximum atomic E-state index is 13.4. The van der Waals surface area contributed by atoms with Crippen molar-refractivity contribution in [3.63, 3.8) is 0 Å². The molecule has 164 valence electrons. The van der Waals surface area contributed by atoms with Crippen LogP contribution in [0.5, 0.6) is 11.5 Å². The SMILES string of the molecule is COc1cccc(S(=O)(=O)c2ccc(S(=O)(=O)c3cccc(OC)c3)c3cnccc23)c1. The first-order chi connectivity index (χ1) is 15.3. The lowest BCUT2D eigenvalue weighted by molar-refractivity contribution is 0.413. The Labute approximate surface area is 186 Å². The van der Waals surface area contributed by atoms with Gasteiger partial charge >= 0.3 is 0 Å². The van der Waals surface area contributed by atoms with E-state index in [0.717, 1.165) is 0 Å². The lowest BCUT2D eigenvalue weighted by atomic mass is 10.2. The van der Waals surface area contributed by atoms with Gasteiger partial charge in [-0.2, -0.15) is 0 Å². The number of aromatic nitrogens is 1. The van der Waals surface area contributed by atoms with E-state index in [-0.39, 0.29) is 30.4 Å². The number of methoxy groups -OCH3 is 2. The van der Waals surface area contributed by atoms with E-state index >= 15 is 0 Å². The summed E-state index contributed by atoms with van der Waals surface area (Å²) >= 11 is 0. The summed E-state index contributed by atoms with van der Waals surface area (Å²) < 4.78 is 63.8. The van der Waals surface area contributed by atoms with Crippen molar-refractivity contribution in [3.05, 3.63) is 79.1 Å². The molecule has 0 radical (unpaired) electrons. The number of fused-ring (bicyclic) bond motifs is 1. The molecule has 0 unspecified atom stereocenters. The fraction of sp³-hybridized carbons (Fsp3) is 0.0870. The molecule has 0 aliphatic heterocycles. The van der Waals surface area contributed by atoms with Crippen molar-refractivity contribution < 1.29 is 26.3 Å². The predicted molar refractivity (Wildman–Crippen MR) is 119 cm³/mol. The first-order valence-corrected chi connectivity index (χ1v) is 12.4. The molecule has 4 rings (SSSR count). The Morgan fingerprint density at radius 2 is 1.16 bits per heavy atom. The fourth-order valence-corrected chi connectivity index (χ4v) is 6.38. The molecule has 9 heteroatoms. The summed E-state index contributed by atoms with van der Waals surface area (Å²) in [4.78, 5) is 4.04. The van der Waals surface area contributed by atoms with Crippen LogP contribution in [0.25, 0.3) is 10.8 Å². The summed E-state index contributed by atoms with van der Waals surface area (Å²) in [6.45, 7) is 0. The van der Waals surface area contributed by atoms with Crippen LogP contribution in [-0.4, -0.2) is 36.0 Å². The molecule has 3 aromatic carbocycles. The minimum Gasteiger partial charge on any atom is -0.497 e. The summed E-state index contributed by atoms with van der Waals surface area (Å²) in [6.07, 6.45) is 2.78. The lowest BCUT2D eigenvalue weighted by Gasteiger charge is -2.13. The number of rotatable bonds is 6. The number of sulfone groups is 2. The van der Waals surface area contributed by atoms with Gasteiger partial charge in [-0.1, -0.05) is 12.1 Å². The van der Waals surface area contributed by atoms with Crippen LogP contribution >= 0.6 is 0 Å². The number of pyridine rings is 1. The molecule has 0 spiro atoms. The molecule has 32 heavy (non-hydrogen) atoms. The van der Waals surface area contributed by atoms with Crippen molar-refractivity contribution in [2.45, 2.75) is 19.6 Å². The molecular weight excluding hydrogens is 450 g/mol. The van der Waals surface area contributed by atoms with Crippen LogP contribution in [0.15, 0.2) is 98.7 Å². The van der Waals surface area contributed by atoms with Gasteiger partial charge in [0.2, 0.25) is 19.7 Å². The maximum Gasteiger partial charge on any atom is 0.207 e. The standard InChI is InChI=1S/C23H19NO6S2/c1-29-16-5-3-7-18(13-16)31(25,26)22-9-10-23(21-15-24-12-11-20(21)22)32(27,28)19-8-4-6-17(14-19)30-2/h3-15H,1-2H3. The number of hydrogen-bond acceptors (Lipinski definition) is 7. The predicted octanol–water partition coefficient (Wildman–Crippen LogP) is 3.92. The van der Waals surface area contributed by atoms with Crippen LogP contribution in [-0.2, 0) is 19.7 Å². The minimum absolute atomic E-state index is 0.0206. The Kier molecular flexibility index (Phi) is 5.62. The van der Waals surface area contributed by atoms with Crippen LogP contribution in [0.3, 0.4) is 0 Å². The number of ether oxygens (including phenoxy) is 2. The summed E-state index contributed by atoms with van der Waals surface area (Å²) in [6, 6.07) is 16.3. The van der Waals surface area contributed by atoms with Gasteiger partial charge in [0.1, 0.15) is 11.5 Å². The Bertz CT molecular complexity index is 1410. The van der Waals surface area contributed by atoms with Gasteiger partial charge in [-0.3, -0.25) is 4.98 Å². The van der Waals surface area contributed by atoms with Gasteiger partial charge in [0, 0.05) is 23.2 Å². The average molecular weight is 470 g/mol. The van der Waals surface area contributed by atoms with Gasteiger partial charge in [-0.05, 0) is 54.6 Å². The second-order valence-electron chi connectivity index (χ2n) is 6.85. The van der Waals surface area contributed by atoms with Crippen molar-refractivity contribution in [1.82, 2.24) is 4.98 Å². The van der Waals surface area contributed by atoms with Crippen LogP contribution in [0.4, 0.5) is 0 Å². The Morgan fingerprint density at radius 1 is 0.656 bits per heavy atom. The zero-order chi connectivity index (χ0) is 22.9. The van der Waals surface area contributed by atoms with Crippen molar-refractivity contribution in [1.29, 1.82) is 0 Å². The molecule has 0 saturated carbocycles. The highest BCUT2D eigenvalue weighted by Gasteiger charge is 2.26. The molecule has 4 aromatic rings. The third-order valence-corrected chi connectivity index (χ3v) is 8.64. The molecule has 0 atom stereocenters. The topological polar surface area (TPSA) is 99.6 Å². The van der Waals surface area contributed by atoms with E-state index in [1.165, 1.54) is 69.1 Å². The average Bonchev–Trinajstić information content (AvgIpc) is 2.83. The van der Waals surface area contributed by atoms with E-state index < -0.39 is 19.7 Å². The Balaban J connectivity index is 1.94. The van der Waals surface area contributed by atoms with Gasteiger partial charge in [-0.25, -0.2) is 16.8 Å². The van der Waals surface area contributed by atoms with E-state index in [0.29, 0.717) is 11.5 Å². The van der Waals surface area contributed by atoms with Gasteiger partial charge in [0.15, 0.2) is 0 Å². The van der Waals surface area contributed by atoms with Crippen molar-refractivity contribution >= 4 is 30.4 Å². The van der Waals surface area contributed by atoms with Crippen molar-refractivity contribution in [3.8, 4) is 11.5 Å². The second-order valence-corrected chi connectivity index (χ2v) is 10.7. The van der Waals surface area contributed by atoms with E-state index in [1.54, 1.807) is 24.3 Å². The molecular formula is C23H19NO6S2. The van der Waals surface area contributed by atoms with Crippen LogP contribution < -0.4 is 9.47 Å². The molecule has 0 saturated heterocycles. The van der Waals surface area contributed by atoms with Crippen LogP contribution in [0.2, 0.25) is 0 Å². The first kappa shape index (κ1) is 21.8. The second kappa shape index (κ2) is 8.25. The molecule has 0 amide bonds. The number of benzene rings is 3. The largest absolute Gasteiger partial charge is 0.497 e. The summed E-state index contributed by atoms with van der Waals surface area (Å²) in [5.74, 6) is 0.792. The molecule has 1 aromatic heterocycles. The summed E-state index contributed by atoms with van der Waals surface area (Å²) in [5, 5.41) is 0.464. The lowest BCUT2D eigenvalue weighted by Crippen LogP contribution is -2.07. The smallest absolute Gasteiger partial charge is 0.207 e. The third kappa shape index (κ3) is 3.69. The highest BCUT2D eigenvalue weighted by Crippen LogP contribution is 2.35. The monoisotopic (exact) mass is 469 g/mol. The zero-order valence-corrected chi connectivity index (χ0v) is 18.9. The number of hydrogen-bond donors (Lipinski definition) is 0. The maximum absolute atomic E-state index is 13.4. The van der Waals surface area contributed by atoms with Crippen molar-refractivity contribution in [2.24, 2.45) is 0 Å². The molecule has 0 aliphatic rings. The third-order valence-electron chi connectivity index (χ3n) is 5.02.